The average molecular weight is 644 g/mol. The predicted molar refractivity (Wildman–Crippen MR) is 199 cm³/mol. The van der Waals surface area contributed by atoms with Crippen molar-refractivity contribution in [2.45, 2.75) is 107 Å². The number of carbonyl (C=O) groups is 1. The van der Waals surface area contributed by atoms with Crippen molar-refractivity contribution in [2.24, 2.45) is 10.9 Å². The van der Waals surface area contributed by atoms with Crippen LogP contribution in [0.4, 0.5) is 5.88 Å². The zero-order chi connectivity index (χ0) is 35.1. The molecule has 1 aliphatic carbocycles. The van der Waals surface area contributed by atoms with Crippen LogP contribution < -0.4 is 15.6 Å². The Bertz CT molecular complexity index is 1520. The Morgan fingerprint density at radius 1 is 1.13 bits per heavy atom. The van der Waals surface area contributed by atoms with Gasteiger partial charge in [-0.1, -0.05) is 77.3 Å². The van der Waals surface area contributed by atoms with E-state index in [1.54, 1.807) is 19.1 Å². The van der Waals surface area contributed by atoms with Crippen LogP contribution >= 0.6 is 0 Å². The zero-order valence-electron chi connectivity index (χ0n) is 30.1. The van der Waals surface area contributed by atoms with E-state index in [0.717, 1.165) is 54.6 Å². The van der Waals surface area contributed by atoms with E-state index in [1.165, 1.54) is 25.7 Å². The van der Waals surface area contributed by atoms with Gasteiger partial charge in [0.1, 0.15) is 17.3 Å². The normalized spacial score (nSPS) is 15.7. The second kappa shape index (κ2) is 19.5. The van der Waals surface area contributed by atoms with E-state index in [9.17, 15) is 14.7 Å². The Morgan fingerprint density at radius 3 is 2.36 bits per heavy atom. The molecule has 1 saturated carbocycles. The molecule has 1 aromatic rings. The van der Waals surface area contributed by atoms with Gasteiger partial charge in [-0.2, -0.15) is 0 Å². The number of rotatable bonds is 18. The molecule has 0 spiro atoms. The van der Waals surface area contributed by atoms with E-state index in [4.69, 9.17) is 4.42 Å². The molecule has 1 heterocycles. The van der Waals surface area contributed by atoms with E-state index in [0.29, 0.717) is 46.8 Å². The van der Waals surface area contributed by atoms with E-state index >= 15 is 0 Å². The average Bonchev–Trinajstić information content (AvgIpc) is 3.56. The Balaban J connectivity index is 2.35. The Labute approximate surface area is 282 Å². The number of nitrogens with zero attached hydrogens (tertiary/aromatic N) is 2. The summed E-state index contributed by atoms with van der Waals surface area (Å²) in [6.45, 7) is 24.8. The van der Waals surface area contributed by atoms with Gasteiger partial charge in [-0.25, -0.2) is 4.99 Å². The first-order chi connectivity index (χ1) is 22.4. The minimum atomic E-state index is -0.178. The van der Waals surface area contributed by atoms with Gasteiger partial charge in [0.05, 0.1) is 5.70 Å². The first-order valence-corrected chi connectivity index (χ1v) is 17.2. The number of anilines is 1. The van der Waals surface area contributed by atoms with Crippen LogP contribution in [0.1, 0.15) is 111 Å². The van der Waals surface area contributed by atoms with Gasteiger partial charge >= 0.3 is 0 Å². The quantitative estimate of drug-likeness (QED) is 0.0716. The molecule has 1 aromatic heterocycles. The topological polar surface area (TPSA) is 95.1 Å². The molecule has 0 bridgehead atoms. The summed E-state index contributed by atoms with van der Waals surface area (Å²) >= 11 is 0. The summed E-state index contributed by atoms with van der Waals surface area (Å²) in [7, 11) is 0. The van der Waals surface area contributed by atoms with Gasteiger partial charge in [-0.15, -0.1) is 0 Å². The molecule has 7 nitrogen and oxygen atoms in total. The molecule has 7 heteroatoms. The molecule has 2 N–H and O–H groups in total. The fourth-order valence-electron chi connectivity index (χ4n) is 5.82. The van der Waals surface area contributed by atoms with Gasteiger partial charge in [-0.05, 0) is 89.2 Å². The highest BCUT2D eigenvalue weighted by molar-refractivity contribution is 6.04. The lowest BCUT2D eigenvalue weighted by molar-refractivity contribution is -0.115. The molecule has 1 aliphatic rings. The van der Waals surface area contributed by atoms with Crippen molar-refractivity contribution in [2.75, 3.05) is 18.0 Å². The third-order valence-electron chi connectivity index (χ3n) is 8.72. The number of Topliss-reactive ketones (excluding diaryl/α,β-unsaturated/α-hetero) is 1. The van der Waals surface area contributed by atoms with Crippen LogP contribution in [-0.2, 0) is 4.79 Å². The molecule has 2 rings (SSSR count). The second-order valence-corrected chi connectivity index (χ2v) is 12.2. The van der Waals surface area contributed by atoms with E-state index in [1.807, 2.05) is 58.9 Å². The minimum absolute atomic E-state index is 0.0745. The van der Waals surface area contributed by atoms with E-state index < -0.39 is 0 Å². The monoisotopic (exact) mass is 643 g/mol. The van der Waals surface area contributed by atoms with Crippen molar-refractivity contribution in [1.29, 1.82) is 0 Å². The van der Waals surface area contributed by atoms with Gasteiger partial charge in [0.15, 0.2) is 17.1 Å². The summed E-state index contributed by atoms with van der Waals surface area (Å²) in [4.78, 5) is 32.5. The minimum Gasteiger partial charge on any atom is -0.506 e. The fourth-order valence-corrected chi connectivity index (χ4v) is 5.82. The van der Waals surface area contributed by atoms with Crippen molar-refractivity contribution in [3.05, 3.63) is 105 Å². The molecule has 0 aromatic carbocycles. The van der Waals surface area contributed by atoms with Crippen LogP contribution in [0.5, 0.6) is 0 Å². The molecule has 47 heavy (non-hydrogen) atoms. The maximum atomic E-state index is 13.0. The van der Waals surface area contributed by atoms with Gasteiger partial charge in [0.2, 0.25) is 0 Å². The Hall–Kier alpha value is -4.13. The van der Waals surface area contributed by atoms with Crippen LogP contribution in [0, 0.1) is 12.8 Å². The number of unbranched alkanes of at least 4 members (excludes halogenated alkanes) is 1. The van der Waals surface area contributed by atoms with Gasteiger partial charge in [0.25, 0.3) is 0 Å². The van der Waals surface area contributed by atoms with Crippen LogP contribution in [0.15, 0.2) is 97.8 Å². The maximum Gasteiger partial charge on any atom is 0.199 e. The first-order valence-electron chi connectivity index (χ1n) is 17.2. The highest BCUT2D eigenvalue weighted by Gasteiger charge is 2.20. The highest BCUT2D eigenvalue weighted by Crippen LogP contribution is 2.31. The summed E-state index contributed by atoms with van der Waals surface area (Å²) in [6.07, 6.45) is 17.5. The van der Waals surface area contributed by atoms with Crippen molar-refractivity contribution in [3.8, 4) is 0 Å². The molecule has 256 valence electrons. The second-order valence-electron chi connectivity index (χ2n) is 12.2. The number of allylic oxidation sites excluding steroid dienone is 9. The lowest BCUT2D eigenvalue weighted by atomic mass is 9.92. The summed E-state index contributed by atoms with van der Waals surface area (Å²) in [5, 5.41) is 13.5. The smallest absolute Gasteiger partial charge is 0.199 e. The van der Waals surface area contributed by atoms with Crippen LogP contribution in [0.2, 0.25) is 0 Å². The summed E-state index contributed by atoms with van der Waals surface area (Å²) in [6, 6.07) is 1.57. The van der Waals surface area contributed by atoms with Crippen molar-refractivity contribution in [3.63, 3.8) is 0 Å². The summed E-state index contributed by atoms with van der Waals surface area (Å²) in [5.41, 5.74) is 4.81. The van der Waals surface area contributed by atoms with E-state index in [2.05, 4.69) is 42.2 Å². The fraction of sp³-hybridized carbons (Fsp3) is 0.475. The van der Waals surface area contributed by atoms with Gasteiger partial charge in [0, 0.05) is 42.4 Å². The molecule has 0 unspecified atom stereocenters. The Kier molecular flexibility index (Phi) is 16.2. The van der Waals surface area contributed by atoms with Crippen LogP contribution in [-0.4, -0.2) is 29.7 Å². The predicted octanol–water partition coefficient (Wildman–Crippen LogP) is 9.83. The van der Waals surface area contributed by atoms with Crippen molar-refractivity contribution < 1.29 is 14.3 Å². The van der Waals surface area contributed by atoms with Crippen LogP contribution in [0.3, 0.4) is 0 Å². The third-order valence-corrected chi connectivity index (χ3v) is 8.72. The standard InChI is InChI=1S/C40H57N3O4/c1-11-16-23-43(15-5)39-26-38(46)28(7)40(47-39)35(13-3)27(6)21-22-36(30(9)44)42-31(10)41-29(8)33(12-2)25-34(37(45)14-4)24-32-19-17-18-20-32/h12-13,21-22,25-26,32,42,44H,9-11,14-20,23-24H2,1-8H3/b27-21+,33-12?,34-25+,35-13-,36-22+,41-29-. The molecule has 1 fully saturated rings. The largest absolute Gasteiger partial charge is 0.506 e. The third kappa shape index (κ3) is 11.6. The van der Waals surface area contributed by atoms with Crippen molar-refractivity contribution in [1.82, 2.24) is 5.32 Å². The Morgan fingerprint density at radius 2 is 1.81 bits per heavy atom. The van der Waals surface area contributed by atoms with Crippen LogP contribution in [0.25, 0.3) is 5.57 Å². The zero-order valence-corrected chi connectivity index (χ0v) is 30.1. The van der Waals surface area contributed by atoms with E-state index in [-0.39, 0.29) is 17.0 Å². The number of aliphatic hydroxyl groups excluding tert-OH is 1. The number of hydrogen-bond donors (Lipinski definition) is 2. The first kappa shape index (κ1) is 39.1. The number of ketones is 1. The molecular weight excluding hydrogens is 586 g/mol. The number of aliphatic imine (C=N–C) groups is 1. The summed E-state index contributed by atoms with van der Waals surface area (Å²) < 4.78 is 6.35. The maximum absolute atomic E-state index is 13.0. The molecule has 0 amide bonds. The number of carbonyl (C=O) groups excluding carboxylic acids is 1. The summed E-state index contributed by atoms with van der Waals surface area (Å²) in [5.74, 6) is 1.95. The molecule has 0 radical (unpaired) electrons. The lowest BCUT2D eigenvalue weighted by Crippen LogP contribution is -2.25. The number of hydrogen-bond acceptors (Lipinski definition) is 7. The van der Waals surface area contributed by atoms with Crippen molar-refractivity contribution >= 4 is 23.0 Å². The van der Waals surface area contributed by atoms with Gasteiger partial charge < -0.3 is 19.7 Å². The number of aliphatic hydroxyl groups is 1. The highest BCUT2D eigenvalue weighted by atomic mass is 16.4. The number of nitrogens with one attached hydrogen (secondary N) is 1. The molecule has 0 saturated heterocycles. The lowest BCUT2D eigenvalue weighted by Gasteiger charge is -2.22. The molecule has 0 aliphatic heterocycles. The molecule has 0 atom stereocenters. The molecular formula is C40H57N3O4. The van der Waals surface area contributed by atoms with Gasteiger partial charge in [-0.3, -0.25) is 9.59 Å². The SMILES string of the molecule is C=C(/N=C(/C)C(=CC)/C=C(\CC1CCCC1)C(=O)CC)N/C(=C/C=C(C)/C(=C/C)c1oc(N(CC)CCCC)cc(=O)c1C)C(=C)O.